The molecule has 3 atom stereocenters. The molecule has 4 amide bonds. The predicted molar refractivity (Wildman–Crippen MR) is 217 cm³/mol. The SMILES string of the molecule is CCCOCCOCCC(=O)C[C@H](CCC(=O)OC)C(=O)N[C@H](C(=O)C[C@@H](CCCNC(N)=O)C(=O)Nc1ccc(COC(=O)Oc2ccc([N+](=O)[O-])cc2)cc1)C(C)C. The number of carbonyl (C=O) groups is 7. The van der Waals surface area contributed by atoms with E-state index in [1.54, 1.807) is 38.1 Å². The Hall–Kier alpha value is -5.95. The number of nitro groups is 1. The molecule has 0 saturated carbocycles. The van der Waals surface area contributed by atoms with E-state index in [4.69, 9.17) is 29.4 Å². The van der Waals surface area contributed by atoms with E-state index in [0.29, 0.717) is 37.5 Å². The van der Waals surface area contributed by atoms with Crippen molar-refractivity contribution >= 4 is 52.9 Å². The first-order chi connectivity index (χ1) is 28.6. The highest BCUT2D eigenvalue weighted by molar-refractivity contribution is 5.98. The van der Waals surface area contributed by atoms with Gasteiger partial charge in [0.25, 0.3) is 5.69 Å². The quantitative estimate of drug-likeness (QED) is 0.0282. The number of esters is 1. The molecule has 0 spiro atoms. The van der Waals surface area contributed by atoms with Crippen molar-refractivity contribution in [2.45, 2.75) is 84.8 Å². The molecule has 0 aliphatic carbocycles. The van der Waals surface area contributed by atoms with Crippen molar-refractivity contribution in [3.05, 3.63) is 64.2 Å². The normalized spacial score (nSPS) is 12.3. The van der Waals surface area contributed by atoms with Crippen LogP contribution in [0.1, 0.15) is 77.7 Å². The number of Topliss-reactive ketones (excluding diaryl/α,β-unsaturated/α-hetero) is 2. The Morgan fingerprint density at radius 2 is 1.47 bits per heavy atom. The lowest BCUT2D eigenvalue weighted by Gasteiger charge is -2.26. The number of carbonyl (C=O) groups excluding carboxylic acids is 7. The molecule has 2 rings (SSSR count). The fraction of sp³-hybridized carbons (Fsp3) is 0.537. The first-order valence-corrected chi connectivity index (χ1v) is 19.7. The summed E-state index contributed by atoms with van der Waals surface area (Å²) in [4.78, 5) is 99.6. The molecular formula is C41H57N5O14. The Morgan fingerprint density at radius 3 is 2.07 bits per heavy atom. The molecule has 330 valence electrons. The number of anilines is 1. The van der Waals surface area contributed by atoms with Crippen molar-refractivity contribution in [2.24, 2.45) is 23.5 Å². The number of hydrogen-bond donors (Lipinski definition) is 4. The van der Waals surface area contributed by atoms with Crippen LogP contribution in [0.3, 0.4) is 0 Å². The summed E-state index contributed by atoms with van der Waals surface area (Å²) in [7, 11) is 1.22. The van der Waals surface area contributed by atoms with Gasteiger partial charge in [0, 0.05) is 68.5 Å². The number of nitrogens with zero attached hydrogens (tertiary/aromatic N) is 1. The lowest BCUT2D eigenvalue weighted by Crippen LogP contribution is -2.48. The third kappa shape index (κ3) is 20.1. The zero-order chi connectivity index (χ0) is 44.5. The maximum Gasteiger partial charge on any atom is 0.514 e. The van der Waals surface area contributed by atoms with E-state index in [9.17, 15) is 43.7 Å². The van der Waals surface area contributed by atoms with Gasteiger partial charge in [-0.15, -0.1) is 0 Å². The highest BCUT2D eigenvalue weighted by Crippen LogP contribution is 2.22. The Morgan fingerprint density at radius 1 is 0.817 bits per heavy atom. The molecule has 2 aromatic carbocycles. The Kier molecular flexibility index (Phi) is 23.2. The molecule has 0 radical (unpaired) electrons. The summed E-state index contributed by atoms with van der Waals surface area (Å²) in [5.74, 6) is -4.55. The number of nitro benzene ring substituents is 1. The fourth-order valence-electron chi connectivity index (χ4n) is 5.73. The molecule has 0 heterocycles. The number of benzene rings is 2. The summed E-state index contributed by atoms with van der Waals surface area (Å²) < 4.78 is 25.7. The second-order valence-corrected chi connectivity index (χ2v) is 14.1. The van der Waals surface area contributed by atoms with Crippen LogP contribution in [0.25, 0.3) is 0 Å². The molecule has 0 bridgehead atoms. The van der Waals surface area contributed by atoms with Gasteiger partial charge >= 0.3 is 18.2 Å². The maximum atomic E-state index is 13.9. The number of urea groups is 1. The summed E-state index contributed by atoms with van der Waals surface area (Å²) in [6, 6.07) is 9.40. The molecule has 0 unspecified atom stereocenters. The van der Waals surface area contributed by atoms with Crippen molar-refractivity contribution in [3.8, 4) is 5.75 Å². The lowest BCUT2D eigenvalue weighted by molar-refractivity contribution is -0.384. The van der Waals surface area contributed by atoms with Crippen LogP contribution in [0.15, 0.2) is 48.5 Å². The van der Waals surface area contributed by atoms with Gasteiger partial charge in [-0.25, -0.2) is 9.59 Å². The molecule has 2 aromatic rings. The number of ether oxygens (including phenoxy) is 5. The number of hydrogen-bond acceptors (Lipinski definition) is 14. The number of rotatable bonds is 29. The predicted octanol–water partition coefficient (Wildman–Crippen LogP) is 4.78. The number of ketones is 2. The third-order valence-corrected chi connectivity index (χ3v) is 9.00. The van der Waals surface area contributed by atoms with Gasteiger partial charge in [-0.05, 0) is 61.4 Å². The van der Waals surface area contributed by atoms with Crippen LogP contribution in [0, 0.1) is 27.9 Å². The lowest BCUT2D eigenvalue weighted by atomic mass is 9.88. The topological polar surface area (TPSA) is 271 Å². The molecule has 0 saturated heterocycles. The zero-order valence-corrected chi connectivity index (χ0v) is 34.6. The highest BCUT2D eigenvalue weighted by atomic mass is 16.7. The Balaban J connectivity index is 2.08. The van der Waals surface area contributed by atoms with Gasteiger partial charge in [0.2, 0.25) is 11.8 Å². The van der Waals surface area contributed by atoms with Crippen LogP contribution in [0.5, 0.6) is 5.75 Å². The minimum atomic E-state index is -1.04. The summed E-state index contributed by atoms with van der Waals surface area (Å²) >= 11 is 0. The molecular weight excluding hydrogens is 786 g/mol. The van der Waals surface area contributed by atoms with E-state index < -0.39 is 64.5 Å². The molecule has 0 aromatic heterocycles. The van der Waals surface area contributed by atoms with Gasteiger partial charge in [-0.1, -0.05) is 32.9 Å². The third-order valence-electron chi connectivity index (χ3n) is 9.00. The minimum Gasteiger partial charge on any atom is -0.469 e. The summed E-state index contributed by atoms with van der Waals surface area (Å²) in [6.07, 6.45) is -0.240. The van der Waals surface area contributed by atoms with Crippen molar-refractivity contribution in [1.82, 2.24) is 10.6 Å². The van der Waals surface area contributed by atoms with Crippen LogP contribution in [0.2, 0.25) is 0 Å². The standard InChI is InChI=1S/C41H57N5O14/c1-5-20-57-22-23-58-21-18-33(47)24-30(10-17-36(49)56-4)39(51)45-37(27(2)3)35(48)25-29(7-6-19-43-40(42)52)38(50)44-31-11-8-28(9-12-31)26-59-41(53)60-34-15-13-32(14-16-34)46(54)55/h8-9,11-16,27,29-30,37H,5-7,10,17-26H2,1-4H3,(H,44,50)(H,45,51)(H3,42,43,52)/t29-,30+,37+/m1/s1. The van der Waals surface area contributed by atoms with E-state index >= 15 is 0 Å². The summed E-state index contributed by atoms with van der Waals surface area (Å²) in [6.45, 7) is 6.85. The molecule has 0 aliphatic rings. The van der Waals surface area contributed by atoms with E-state index in [0.717, 1.165) is 6.42 Å². The molecule has 0 fully saturated rings. The maximum absolute atomic E-state index is 13.9. The van der Waals surface area contributed by atoms with E-state index in [2.05, 4.69) is 16.0 Å². The molecule has 5 N–H and O–H groups in total. The average Bonchev–Trinajstić information content (AvgIpc) is 3.21. The molecule has 60 heavy (non-hydrogen) atoms. The van der Waals surface area contributed by atoms with Gasteiger partial charge in [0.1, 0.15) is 18.1 Å². The molecule has 19 nitrogen and oxygen atoms in total. The number of amides is 4. The van der Waals surface area contributed by atoms with Crippen LogP contribution in [-0.2, 0) is 49.5 Å². The molecule has 0 aliphatic heterocycles. The van der Waals surface area contributed by atoms with Crippen LogP contribution < -0.4 is 26.4 Å². The van der Waals surface area contributed by atoms with Gasteiger partial charge < -0.3 is 45.4 Å². The van der Waals surface area contributed by atoms with Crippen molar-refractivity contribution in [3.63, 3.8) is 0 Å². The number of methoxy groups -OCH3 is 1. The summed E-state index contributed by atoms with van der Waals surface area (Å²) in [5.41, 5.74) is 5.93. The first-order valence-electron chi connectivity index (χ1n) is 19.7. The van der Waals surface area contributed by atoms with Gasteiger partial charge in [-0.2, -0.15) is 0 Å². The van der Waals surface area contributed by atoms with Crippen LogP contribution in [-0.4, -0.2) is 92.6 Å². The largest absolute Gasteiger partial charge is 0.514 e. The van der Waals surface area contributed by atoms with Gasteiger partial charge in [0.05, 0.1) is 37.9 Å². The summed E-state index contributed by atoms with van der Waals surface area (Å²) in [5, 5.41) is 18.8. The van der Waals surface area contributed by atoms with Gasteiger partial charge in [-0.3, -0.25) is 34.1 Å². The smallest absolute Gasteiger partial charge is 0.469 e. The van der Waals surface area contributed by atoms with Crippen molar-refractivity contribution in [1.29, 1.82) is 0 Å². The number of primary amides is 1. The minimum absolute atomic E-state index is 0.00401. The van der Waals surface area contributed by atoms with Crippen LogP contribution >= 0.6 is 0 Å². The van der Waals surface area contributed by atoms with E-state index in [-0.39, 0.29) is 75.5 Å². The van der Waals surface area contributed by atoms with E-state index in [1.807, 2.05) is 6.92 Å². The average molecular weight is 844 g/mol. The fourth-order valence-corrected chi connectivity index (χ4v) is 5.73. The Labute approximate surface area is 348 Å². The molecule has 19 heteroatoms. The number of nitrogens with two attached hydrogens (primary N) is 1. The second kappa shape index (κ2) is 27.7. The van der Waals surface area contributed by atoms with Crippen molar-refractivity contribution < 1.29 is 62.2 Å². The number of non-ortho nitro benzene ring substituents is 1. The Bertz CT molecular complexity index is 1720. The van der Waals surface area contributed by atoms with Crippen LogP contribution in [0.4, 0.5) is 21.0 Å². The first kappa shape index (κ1) is 50.2. The second-order valence-electron chi connectivity index (χ2n) is 14.1. The van der Waals surface area contributed by atoms with Gasteiger partial charge in [0.15, 0.2) is 5.78 Å². The number of nitrogens with one attached hydrogen (secondary N) is 3. The monoisotopic (exact) mass is 843 g/mol. The zero-order valence-electron chi connectivity index (χ0n) is 34.6. The van der Waals surface area contributed by atoms with Crippen molar-refractivity contribution in [2.75, 3.05) is 45.4 Å². The van der Waals surface area contributed by atoms with E-state index in [1.165, 1.54) is 31.4 Å². The highest BCUT2D eigenvalue weighted by Gasteiger charge is 2.32.